The van der Waals surface area contributed by atoms with E-state index in [1.165, 1.54) is 6.92 Å². The maximum Gasteiger partial charge on any atom is 0.204 e. The van der Waals surface area contributed by atoms with Crippen LogP contribution in [-0.4, -0.2) is 5.78 Å². The molecule has 0 bridgehead atoms. The second-order valence-electron chi connectivity index (χ2n) is 4.17. The monoisotopic (exact) mass is 241 g/mol. The van der Waals surface area contributed by atoms with Gasteiger partial charge in [0.1, 0.15) is 11.8 Å². The summed E-state index contributed by atoms with van der Waals surface area (Å²) in [5, 5.41) is 9.21. The van der Waals surface area contributed by atoms with E-state index in [0.29, 0.717) is 11.3 Å². The molecule has 4 nitrogen and oxygen atoms in total. The molecule has 18 heavy (non-hydrogen) atoms. The molecule has 1 aliphatic rings. The average molecular weight is 241 g/mol. The summed E-state index contributed by atoms with van der Waals surface area (Å²) in [5.74, 6) is 0.00611. The Labute approximate surface area is 105 Å². The Bertz CT molecular complexity index is 586. The minimum absolute atomic E-state index is 0.0752. The summed E-state index contributed by atoms with van der Waals surface area (Å²) in [6.07, 6.45) is 0. The van der Waals surface area contributed by atoms with Crippen molar-refractivity contribution in [2.45, 2.75) is 19.8 Å². The van der Waals surface area contributed by atoms with Gasteiger partial charge in [0.2, 0.25) is 5.88 Å². The summed E-state index contributed by atoms with van der Waals surface area (Å²) in [5.41, 5.74) is 7.39. The maximum absolute atomic E-state index is 11.8. The number of nitriles is 1. The van der Waals surface area contributed by atoms with Gasteiger partial charge in [0.25, 0.3) is 0 Å². The Morgan fingerprint density at radius 1 is 1.61 bits per heavy atom. The van der Waals surface area contributed by atoms with Gasteiger partial charge in [0, 0.05) is 11.5 Å². The van der Waals surface area contributed by atoms with Crippen LogP contribution in [0.5, 0.6) is 0 Å². The first-order chi connectivity index (χ1) is 8.56. The number of allylic oxidation sites excluding steroid dienone is 3. The Kier molecular flexibility index (Phi) is 2.99. The van der Waals surface area contributed by atoms with E-state index in [2.05, 4.69) is 0 Å². The Morgan fingerprint density at radius 2 is 2.33 bits per heavy atom. The number of ether oxygens (including phenoxy) is 1. The van der Waals surface area contributed by atoms with E-state index in [1.54, 1.807) is 6.92 Å². The fourth-order valence-corrected chi connectivity index (χ4v) is 2.25. The number of carbonyl (C=O) groups is 1. The number of carbonyl (C=O) groups excluding carboxylic acids is 1. The summed E-state index contributed by atoms with van der Waals surface area (Å²) in [6, 6.07) is 9.51. The van der Waals surface area contributed by atoms with E-state index in [4.69, 9.17) is 10.5 Å². The fourth-order valence-electron chi connectivity index (χ4n) is 2.25. The van der Waals surface area contributed by atoms with E-state index >= 15 is 0 Å². The molecular weight excluding hydrogens is 228 g/mol. The Morgan fingerprint density at radius 3 is 2.83 bits per heavy atom. The van der Waals surface area contributed by atoms with Gasteiger partial charge >= 0.3 is 0 Å². The number of nitrogens with zero attached hydrogens (tertiary/aromatic N) is 1. The molecule has 1 aromatic carbocycles. The van der Waals surface area contributed by atoms with Gasteiger partial charge in [0.05, 0.1) is 5.57 Å². The molecule has 1 aliphatic heterocycles. The van der Waals surface area contributed by atoms with Gasteiger partial charge in [-0.25, -0.2) is 6.07 Å². The van der Waals surface area contributed by atoms with Crippen LogP contribution in [0.4, 0.5) is 0 Å². The lowest BCUT2D eigenvalue weighted by molar-refractivity contribution is -0.114. The average Bonchev–Trinajstić information content (AvgIpc) is 2.80. The lowest BCUT2D eigenvalue weighted by Crippen LogP contribution is -2.22. The third kappa shape index (κ3) is 1.80. The number of Topliss-reactive ketones (excluding diaryl/α,β-unsaturated/α-hetero) is 1. The molecule has 0 amide bonds. The zero-order valence-corrected chi connectivity index (χ0v) is 10.2. The maximum atomic E-state index is 11.8. The molecule has 1 unspecified atom stereocenters. The van der Waals surface area contributed by atoms with Gasteiger partial charge in [-0.15, -0.1) is 0 Å². The van der Waals surface area contributed by atoms with Crippen LogP contribution in [0.25, 0.3) is 0 Å². The van der Waals surface area contributed by atoms with Gasteiger partial charge in [-0.2, -0.15) is 29.0 Å². The predicted octanol–water partition coefficient (Wildman–Crippen LogP) is 2.08. The highest BCUT2D eigenvalue weighted by Crippen LogP contribution is 2.39. The second kappa shape index (κ2) is 4.46. The molecule has 0 saturated heterocycles. The lowest BCUT2D eigenvalue weighted by Gasteiger charge is -2.29. The van der Waals surface area contributed by atoms with Crippen molar-refractivity contribution in [1.82, 2.24) is 0 Å². The highest BCUT2D eigenvalue weighted by Gasteiger charge is 2.30. The molecule has 1 heterocycles. The van der Waals surface area contributed by atoms with Crippen molar-refractivity contribution < 1.29 is 9.53 Å². The molecule has 0 fully saturated rings. The van der Waals surface area contributed by atoms with Crippen LogP contribution in [0.1, 0.15) is 25.3 Å². The second-order valence-corrected chi connectivity index (χ2v) is 4.17. The summed E-state index contributed by atoms with van der Waals surface area (Å²) in [6.45, 7) is 3.16. The van der Waals surface area contributed by atoms with Crippen molar-refractivity contribution in [2.75, 3.05) is 0 Å². The van der Waals surface area contributed by atoms with E-state index in [1.807, 2.05) is 30.3 Å². The largest absolute Gasteiger partial charge is 0.445 e. The summed E-state index contributed by atoms with van der Waals surface area (Å²) in [4.78, 5) is 11.8. The Hall–Kier alpha value is -2.41. The standard InChI is InChI=1S/C14H13N2O2/c1-8(17)12-9(2)18-14(16)11(7-15)13(12)10-5-3-4-6-10/h3-6,13H,16H2,1-2H3/q-1. The Balaban J connectivity index is 2.63. The zero-order valence-electron chi connectivity index (χ0n) is 10.2. The van der Waals surface area contributed by atoms with Crippen LogP contribution in [0.2, 0.25) is 0 Å². The number of rotatable bonds is 2. The molecule has 0 aliphatic carbocycles. The molecule has 0 radical (unpaired) electrons. The van der Waals surface area contributed by atoms with Crippen LogP contribution < -0.4 is 5.73 Å². The van der Waals surface area contributed by atoms with Gasteiger partial charge in [-0.05, 0) is 13.8 Å². The topological polar surface area (TPSA) is 76.1 Å². The molecule has 0 aromatic heterocycles. The molecule has 1 atom stereocenters. The van der Waals surface area contributed by atoms with Crippen molar-refractivity contribution in [3.05, 3.63) is 52.6 Å². The van der Waals surface area contributed by atoms with Gasteiger partial charge in [-0.1, -0.05) is 0 Å². The van der Waals surface area contributed by atoms with Gasteiger partial charge < -0.3 is 10.5 Å². The SMILES string of the molecule is CC(=O)C1=C(C)OC(N)=C(C#N)C1c1cc[cH-]c1. The van der Waals surface area contributed by atoms with Crippen LogP contribution in [0, 0.1) is 11.3 Å². The quantitative estimate of drug-likeness (QED) is 0.804. The zero-order chi connectivity index (χ0) is 13.3. The van der Waals surface area contributed by atoms with Crippen LogP contribution in [0.3, 0.4) is 0 Å². The highest BCUT2D eigenvalue weighted by molar-refractivity contribution is 5.96. The summed E-state index contributed by atoms with van der Waals surface area (Å²) < 4.78 is 5.29. The van der Waals surface area contributed by atoms with E-state index in [0.717, 1.165) is 5.56 Å². The molecule has 1 aromatic rings. The summed E-state index contributed by atoms with van der Waals surface area (Å²) >= 11 is 0. The normalized spacial score (nSPS) is 19.5. The number of hydrogen-bond donors (Lipinski definition) is 1. The van der Waals surface area contributed by atoms with Crippen LogP contribution in [0.15, 0.2) is 47.1 Å². The predicted molar refractivity (Wildman–Crippen MR) is 66.1 cm³/mol. The molecule has 92 valence electrons. The van der Waals surface area contributed by atoms with Crippen LogP contribution in [-0.2, 0) is 9.53 Å². The molecule has 0 saturated carbocycles. The highest BCUT2D eigenvalue weighted by atomic mass is 16.5. The molecular formula is C14H13N2O2-. The lowest BCUT2D eigenvalue weighted by atomic mass is 9.82. The molecule has 2 rings (SSSR count). The minimum Gasteiger partial charge on any atom is -0.445 e. The third-order valence-corrected chi connectivity index (χ3v) is 3.01. The molecule has 4 heteroatoms. The van der Waals surface area contributed by atoms with E-state index in [9.17, 15) is 10.1 Å². The van der Waals surface area contributed by atoms with Crippen molar-refractivity contribution in [1.29, 1.82) is 5.26 Å². The first-order valence-electron chi connectivity index (χ1n) is 5.57. The third-order valence-electron chi connectivity index (χ3n) is 3.01. The summed E-state index contributed by atoms with van der Waals surface area (Å²) in [7, 11) is 0. The van der Waals surface area contributed by atoms with E-state index < -0.39 is 5.92 Å². The molecule has 2 N–H and O–H groups in total. The van der Waals surface area contributed by atoms with E-state index in [-0.39, 0.29) is 17.2 Å². The van der Waals surface area contributed by atoms with Crippen molar-refractivity contribution in [2.24, 2.45) is 5.73 Å². The van der Waals surface area contributed by atoms with Crippen molar-refractivity contribution >= 4 is 5.78 Å². The van der Waals surface area contributed by atoms with Crippen LogP contribution >= 0.6 is 0 Å². The first-order valence-corrected chi connectivity index (χ1v) is 5.57. The number of nitrogens with two attached hydrogens (primary N) is 1. The molecule has 0 spiro atoms. The number of hydrogen-bond acceptors (Lipinski definition) is 4. The minimum atomic E-state index is -0.420. The fraction of sp³-hybridized carbons (Fsp3) is 0.214. The smallest absolute Gasteiger partial charge is 0.204 e. The van der Waals surface area contributed by atoms with Gasteiger partial charge in [0.15, 0.2) is 5.78 Å². The number of ketones is 1. The van der Waals surface area contributed by atoms with Crippen molar-refractivity contribution in [3.8, 4) is 6.07 Å². The first kappa shape index (κ1) is 12.1. The van der Waals surface area contributed by atoms with Gasteiger partial charge in [-0.3, -0.25) is 4.79 Å². The van der Waals surface area contributed by atoms with Crippen molar-refractivity contribution in [3.63, 3.8) is 0 Å².